The Morgan fingerprint density at radius 2 is 2.39 bits per heavy atom. The van der Waals surface area contributed by atoms with Gasteiger partial charge in [-0.2, -0.15) is 0 Å². The summed E-state index contributed by atoms with van der Waals surface area (Å²) in [6, 6.07) is 7.25. The van der Waals surface area contributed by atoms with Gasteiger partial charge < -0.3 is 5.32 Å². The Morgan fingerprint density at radius 3 is 3.17 bits per heavy atom. The van der Waals surface area contributed by atoms with Crippen molar-refractivity contribution in [2.45, 2.75) is 12.8 Å². The molecule has 1 fully saturated rings. The quantitative estimate of drug-likeness (QED) is 0.858. The smallest absolute Gasteiger partial charge is 0.258 e. The van der Waals surface area contributed by atoms with E-state index in [4.69, 9.17) is 0 Å². The lowest BCUT2D eigenvalue weighted by Crippen LogP contribution is -2.18. The van der Waals surface area contributed by atoms with Crippen LogP contribution in [0.1, 0.15) is 12.1 Å². The highest BCUT2D eigenvalue weighted by Gasteiger charge is 2.16. The third-order valence-electron chi connectivity index (χ3n) is 3.35. The van der Waals surface area contributed by atoms with Gasteiger partial charge in [0.1, 0.15) is 5.65 Å². The molecule has 0 bridgehead atoms. The Balaban J connectivity index is 2.02. The molecule has 1 unspecified atom stereocenters. The number of fused-ring (bicyclic) bond motifs is 1. The maximum absolute atomic E-state index is 12.1. The van der Waals surface area contributed by atoms with E-state index in [9.17, 15) is 4.79 Å². The van der Waals surface area contributed by atoms with Crippen molar-refractivity contribution in [3.05, 3.63) is 44.9 Å². The zero-order valence-electron chi connectivity index (χ0n) is 9.90. The molecule has 1 N–H and O–H groups in total. The van der Waals surface area contributed by atoms with E-state index in [2.05, 4.69) is 26.2 Å². The van der Waals surface area contributed by atoms with Crippen LogP contribution in [0.5, 0.6) is 0 Å². The minimum Gasteiger partial charge on any atom is -0.316 e. The molecule has 94 valence electrons. The van der Waals surface area contributed by atoms with Gasteiger partial charge in [-0.15, -0.1) is 0 Å². The largest absolute Gasteiger partial charge is 0.316 e. The van der Waals surface area contributed by atoms with Crippen LogP contribution in [0, 0.1) is 5.92 Å². The average molecular weight is 308 g/mol. The second-order valence-corrected chi connectivity index (χ2v) is 5.50. The predicted octanol–water partition coefficient (Wildman–Crippen LogP) is 1.61. The van der Waals surface area contributed by atoms with Gasteiger partial charge in [0.15, 0.2) is 0 Å². The Morgan fingerprint density at radius 1 is 1.50 bits per heavy atom. The molecule has 4 nitrogen and oxygen atoms in total. The van der Waals surface area contributed by atoms with Crippen molar-refractivity contribution >= 4 is 21.6 Å². The zero-order chi connectivity index (χ0) is 12.5. The van der Waals surface area contributed by atoms with Gasteiger partial charge in [0.25, 0.3) is 5.56 Å². The third kappa shape index (κ3) is 2.20. The van der Waals surface area contributed by atoms with Crippen LogP contribution >= 0.6 is 15.9 Å². The van der Waals surface area contributed by atoms with E-state index >= 15 is 0 Å². The molecular formula is C13H14BrN3O. The van der Waals surface area contributed by atoms with Gasteiger partial charge in [-0.05, 0) is 59.9 Å². The highest BCUT2D eigenvalue weighted by Crippen LogP contribution is 2.15. The summed E-state index contributed by atoms with van der Waals surface area (Å²) in [6.07, 6.45) is 2.05. The number of nitrogens with one attached hydrogen (secondary N) is 1. The number of nitrogens with zero attached hydrogens (tertiary/aromatic N) is 2. The molecule has 1 atom stereocenters. The van der Waals surface area contributed by atoms with Crippen LogP contribution < -0.4 is 10.9 Å². The van der Waals surface area contributed by atoms with Crippen molar-refractivity contribution in [2.24, 2.45) is 5.92 Å². The van der Waals surface area contributed by atoms with E-state index in [1.165, 1.54) is 6.42 Å². The maximum atomic E-state index is 12.1. The normalized spacial score (nSPS) is 19.5. The van der Waals surface area contributed by atoms with Crippen molar-refractivity contribution in [2.75, 3.05) is 13.1 Å². The second-order valence-electron chi connectivity index (χ2n) is 4.69. The van der Waals surface area contributed by atoms with Crippen molar-refractivity contribution < 1.29 is 0 Å². The minimum absolute atomic E-state index is 0.0200. The van der Waals surface area contributed by atoms with Gasteiger partial charge in [-0.25, -0.2) is 4.98 Å². The molecule has 0 aromatic carbocycles. The first-order valence-corrected chi connectivity index (χ1v) is 6.91. The molecule has 1 aliphatic heterocycles. The van der Waals surface area contributed by atoms with E-state index in [0.29, 0.717) is 11.6 Å². The monoisotopic (exact) mass is 307 g/mol. The molecule has 0 radical (unpaired) electrons. The Bertz CT molecular complexity index is 632. The number of hydrogen-bond donors (Lipinski definition) is 1. The fourth-order valence-corrected chi connectivity index (χ4v) is 2.96. The van der Waals surface area contributed by atoms with Crippen LogP contribution in [0.15, 0.2) is 33.7 Å². The molecule has 1 aliphatic rings. The van der Waals surface area contributed by atoms with E-state index in [-0.39, 0.29) is 5.56 Å². The van der Waals surface area contributed by atoms with Gasteiger partial charge in [0, 0.05) is 11.8 Å². The summed E-state index contributed by atoms with van der Waals surface area (Å²) >= 11 is 3.37. The maximum Gasteiger partial charge on any atom is 0.258 e. The summed E-state index contributed by atoms with van der Waals surface area (Å²) in [6.45, 7) is 2.10. The first-order valence-electron chi connectivity index (χ1n) is 6.12. The van der Waals surface area contributed by atoms with E-state index in [1.54, 1.807) is 10.5 Å². The number of halogens is 1. The van der Waals surface area contributed by atoms with Crippen LogP contribution in [0.4, 0.5) is 0 Å². The summed E-state index contributed by atoms with van der Waals surface area (Å²) in [5.74, 6) is 0.603. The average Bonchev–Trinajstić information content (AvgIpc) is 2.81. The number of aromatic nitrogens is 2. The van der Waals surface area contributed by atoms with Crippen molar-refractivity contribution in [3.8, 4) is 0 Å². The lowest BCUT2D eigenvalue weighted by Gasteiger charge is -2.09. The highest BCUT2D eigenvalue weighted by molar-refractivity contribution is 9.10. The van der Waals surface area contributed by atoms with E-state index in [1.807, 2.05) is 18.2 Å². The molecule has 0 spiro atoms. The number of rotatable bonds is 2. The molecule has 3 rings (SSSR count). The molecular weight excluding hydrogens is 294 g/mol. The Kier molecular flexibility index (Phi) is 3.18. The zero-order valence-corrected chi connectivity index (χ0v) is 11.5. The lowest BCUT2D eigenvalue weighted by molar-refractivity contribution is 0.571. The molecule has 1 saturated heterocycles. The van der Waals surface area contributed by atoms with Crippen molar-refractivity contribution in [1.82, 2.24) is 14.7 Å². The molecule has 18 heavy (non-hydrogen) atoms. The number of pyridine rings is 1. The van der Waals surface area contributed by atoms with Gasteiger partial charge in [-0.3, -0.25) is 9.20 Å². The number of hydrogen-bond acceptors (Lipinski definition) is 3. The van der Waals surface area contributed by atoms with Gasteiger partial charge in [-0.1, -0.05) is 6.07 Å². The van der Waals surface area contributed by atoms with E-state index in [0.717, 1.165) is 29.8 Å². The van der Waals surface area contributed by atoms with Gasteiger partial charge in [0.2, 0.25) is 0 Å². The first-order chi connectivity index (χ1) is 8.74. The van der Waals surface area contributed by atoms with Crippen molar-refractivity contribution in [3.63, 3.8) is 0 Å². The fraction of sp³-hybridized carbons (Fsp3) is 0.385. The third-order valence-corrected chi connectivity index (χ3v) is 3.97. The summed E-state index contributed by atoms with van der Waals surface area (Å²) in [5.41, 5.74) is 1.58. The summed E-state index contributed by atoms with van der Waals surface area (Å²) in [4.78, 5) is 16.6. The Hall–Kier alpha value is -1.20. The molecule has 2 aromatic heterocycles. The fourth-order valence-electron chi connectivity index (χ4n) is 2.45. The molecule has 3 heterocycles. The molecule has 0 aliphatic carbocycles. The summed E-state index contributed by atoms with van der Waals surface area (Å²) in [7, 11) is 0. The predicted molar refractivity (Wildman–Crippen MR) is 73.8 cm³/mol. The van der Waals surface area contributed by atoms with Gasteiger partial charge in [0.05, 0.1) is 4.60 Å². The summed E-state index contributed by atoms with van der Waals surface area (Å²) in [5, 5.41) is 3.33. The second kappa shape index (κ2) is 4.82. The van der Waals surface area contributed by atoms with Crippen LogP contribution in [0.2, 0.25) is 0 Å². The molecule has 0 saturated carbocycles. The molecule has 5 heteroatoms. The van der Waals surface area contributed by atoms with Crippen LogP contribution in [-0.2, 0) is 6.42 Å². The SMILES string of the molecule is O=c1cc(CC2CCNC2)nc2cccc(Br)n12. The summed E-state index contributed by atoms with van der Waals surface area (Å²) < 4.78 is 2.32. The molecule has 2 aromatic rings. The lowest BCUT2D eigenvalue weighted by atomic mass is 10.0. The van der Waals surface area contributed by atoms with Crippen LogP contribution in [-0.4, -0.2) is 22.5 Å². The Labute approximate surface area is 113 Å². The topological polar surface area (TPSA) is 46.4 Å². The highest BCUT2D eigenvalue weighted by atomic mass is 79.9. The van der Waals surface area contributed by atoms with Crippen LogP contribution in [0.25, 0.3) is 5.65 Å². The van der Waals surface area contributed by atoms with Crippen molar-refractivity contribution in [1.29, 1.82) is 0 Å². The van der Waals surface area contributed by atoms with Gasteiger partial charge >= 0.3 is 0 Å². The van der Waals surface area contributed by atoms with Crippen LogP contribution in [0.3, 0.4) is 0 Å². The first kappa shape index (κ1) is 11.9. The van der Waals surface area contributed by atoms with E-state index < -0.39 is 0 Å². The molecule has 0 amide bonds. The minimum atomic E-state index is -0.0200. The standard InChI is InChI=1S/C13H14BrN3O/c14-11-2-1-3-12-16-10(7-13(18)17(11)12)6-9-4-5-15-8-9/h1-3,7,9,15H,4-6,8H2.